The van der Waals surface area contributed by atoms with Gasteiger partial charge in [0.2, 0.25) is 5.88 Å². The van der Waals surface area contributed by atoms with Gasteiger partial charge in [-0.1, -0.05) is 23.4 Å². The second-order valence-corrected chi connectivity index (χ2v) is 2.94. The van der Waals surface area contributed by atoms with E-state index in [4.69, 9.17) is 10.3 Å². The fourth-order valence-electron chi connectivity index (χ4n) is 1.29. The molecule has 14 heavy (non-hydrogen) atoms. The summed E-state index contributed by atoms with van der Waals surface area (Å²) in [7, 11) is 0. The number of benzene rings is 1. The Kier molecular flexibility index (Phi) is 2.18. The van der Waals surface area contributed by atoms with Crippen molar-refractivity contribution in [1.82, 2.24) is 5.16 Å². The molecule has 2 rings (SSSR count). The molecule has 1 heterocycles. The number of halogens is 1. The van der Waals surface area contributed by atoms with Gasteiger partial charge in [-0.25, -0.2) is 4.39 Å². The summed E-state index contributed by atoms with van der Waals surface area (Å²) >= 11 is 0. The van der Waals surface area contributed by atoms with Crippen LogP contribution in [0.25, 0.3) is 11.1 Å². The second-order valence-electron chi connectivity index (χ2n) is 2.94. The van der Waals surface area contributed by atoms with Crippen LogP contribution >= 0.6 is 0 Å². The van der Waals surface area contributed by atoms with Crippen LogP contribution in [-0.2, 0) is 6.67 Å². The molecule has 0 aliphatic carbocycles. The summed E-state index contributed by atoms with van der Waals surface area (Å²) in [4.78, 5) is 0. The number of hydrogen-bond acceptors (Lipinski definition) is 3. The summed E-state index contributed by atoms with van der Waals surface area (Å²) in [6.07, 6.45) is 1.52. The lowest BCUT2D eigenvalue weighted by Crippen LogP contribution is -1.86. The van der Waals surface area contributed by atoms with Gasteiger partial charge in [0.1, 0.15) is 6.67 Å². The standard InChI is InChI=1S/C10H9FN2O/c11-5-7-2-1-3-8(4-7)9-6-13-14-10(9)12/h1-4,6H,5,12H2. The molecular formula is C10H9FN2O. The highest BCUT2D eigenvalue weighted by atomic mass is 19.1. The summed E-state index contributed by atoms with van der Waals surface area (Å²) in [6.45, 7) is -0.487. The zero-order chi connectivity index (χ0) is 9.97. The van der Waals surface area contributed by atoms with Crippen LogP contribution < -0.4 is 5.73 Å². The highest BCUT2D eigenvalue weighted by Crippen LogP contribution is 2.25. The lowest BCUT2D eigenvalue weighted by atomic mass is 10.1. The Morgan fingerprint density at radius 2 is 2.29 bits per heavy atom. The molecule has 0 unspecified atom stereocenters. The van der Waals surface area contributed by atoms with Crippen molar-refractivity contribution >= 4 is 5.88 Å². The van der Waals surface area contributed by atoms with E-state index in [0.717, 1.165) is 5.56 Å². The van der Waals surface area contributed by atoms with Crippen LogP contribution in [0.15, 0.2) is 35.0 Å². The minimum Gasteiger partial charge on any atom is -0.367 e. The van der Waals surface area contributed by atoms with Crippen molar-refractivity contribution in [2.24, 2.45) is 0 Å². The van der Waals surface area contributed by atoms with Gasteiger partial charge in [-0.15, -0.1) is 0 Å². The fourth-order valence-corrected chi connectivity index (χ4v) is 1.29. The summed E-state index contributed by atoms with van der Waals surface area (Å²) in [5.74, 6) is 0.251. The van der Waals surface area contributed by atoms with Crippen molar-refractivity contribution in [3.63, 3.8) is 0 Å². The Morgan fingerprint density at radius 3 is 2.93 bits per heavy atom. The number of nitrogen functional groups attached to an aromatic ring is 1. The highest BCUT2D eigenvalue weighted by Gasteiger charge is 2.06. The average Bonchev–Trinajstić information content (AvgIpc) is 2.65. The molecule has 0 bridgehead atoms. The van der Waals surface area contributed by atoms with E-state index in [0.29, 0.717) is 11.1 Å². The van der Waals surface area contributed by atoms with Gasteiger partial charge in [0.25, 0.3) is 0 Å². The van der Waals surface area contributed by atoms with Crippen LogP contribution in [0.2, 0.25) is 0 Å². The summed E-state index contributed by atoms with van der Waals surface area (Å²) in [6, 6.07) is 7.05. The topological polar surface area (TPSA) is 52.0 Å². The number of alkyl halides is 1. The highest BCUT2D eigenvalue weighted by molar-refractivity contribution is 5.72. The van der Waals surface area contributed by atoms with Crippen molar-refractivity contribution in [3.05, 3.63) is 36.0 Å². The number of aromatic nitrogens is 1. The molecule has 3 nitrogen and oxygen atoms in total. The molecule has 0 aliphatic rings. The molecule has 0 atom stereocenters. The predicted molar refractivity (Wildman–Crippen MR) is 51.2 cm³/mol. The van der Waals surface area contributed by atoms with E-state index in [1.54, 1.807) is 18.2 Å². The average molecular weight is 192 g/mol. The largest absolute Gasteiger partial charge is 0.367 e. The van der Waals surface area contributed by atoms with Crippen LogP contribution in [0.3, 0.4) is 0 Å². The van der Waals surface area contributed by atoms with E-state index in [2.05, 4.69) is 5.16 Å². The molecule has 1 aromatic carbocycles. The Hall–Kier alpha value is -1.84. The zero-order valence-electron chi connectivity index (χ0n) is 7.40. The lowest BCUT2D eigenvalue weighted by molar-refractivity contribution is 0.436. The third-order valence-corrected chi connectivity index (χ3v) is 1.99. The molecule has 0 saturated heterocycles. The van der Waals surface area contributed by atoms with Gasteiger partial charge in [-0.2, -0.15) is 0 Å². The van der Waals surface area contributed by atoms with Crippen molar-refractivity contribution in [2.45, 2.75) is 6.67 Å². The van der Waals surface area contributed by atoms with Crippen LogP contribution in [-0.4, -0.2) is 5.16 Å². The molecule has 72 valence electrons. The van der Waals surface area contributed by atoms with Gasteiger partial charge in [0, 0.05) is 0 Å². The number of hydrogen-bond donors (Lipinski definition) is 1. The Balaban J connectivity index is 2.47. The zero-order valence-corrected chi connectivity index (χ0v) is 7.40. The van der Waals surface area contributed by atoms with Gasteiger partial charge < -0.3 is 10.3 Å². The van der Waals surface area contributed by atoms with E-state index in [1.807, 2.05) is 6.07 Å². The Morgan fingerprint density at radius 1 is 1.43 bits per heavy atom. The lowest BCUT2D eigenvalue weighted by Gasteiger charge is -1.99. The first-order valence-corrected chi connectivity index (χ1v) is 4.16. The van der Waals surface area contributed by atoms with Crippen molar-refractivity contribution < 1.29 is 8.91 Å². The molecule has 2 aromatic rings. The van der Waals surface area contributed by atoms with Crippen LogP contribution in [0.4, 0.5) is 10.3 Å². The van der Waals surface area contributed by atoms with Crippen molar-refractivity contribution in [2.75, 3.05) is 5.73 Å². The fraction of sp³-hybridized carbons (Fsp3) is 0.100. The molecular weight excluding hydrogens is 183 g/mol. The molecule has 0 saturated carbocycles. The maximum atomic E-state index is 12.4. The van der Waals surface area contributed by atoms with Crippen LogP contribution in [0.5, 0.6) is 0 Å². The predicted octanol–water partition coefficient (Wildman–Crippen LogP) is 2.39. The van der Waals surface area contributed by atoms with E-state index in [1.165, 1.54) is 6.20 Å². The third-order valence-electron chi connectivity index (χ3n) is 1.99. The number of nitrogens with two attached hydrogens (primary N) is 1. The van der Waals surface area contributed by atoms with Crippen molar-refractivity contribution in [3.8, 4) is 11.1 Å². The van der Waals surface area contributed by atoms with Crippen molar-refractivity contribution in [1.29, 1.82) is 0 Å². The van der Waals surface area contributed by atoms with Gasteiger partial charge in [0.15, 0.2) is 0 Å². The number of anilines is 1. The number of rotatable bonds is 2. The number of nitrogens with zero attached hydrogens (tertiary/aromatic N) is 1. The van der Waals surface area contributed by atoms with E-state index >= 15 is 0 Å². The SMILES string of the molecule is Nc1oncc1-c1cccc(CF)c1. The monoisotopic (exact) mass is 192 g/mol. The summed E-state index contributed by atoms with van der Waals surface area (Å²) < 4.78 is 17.1. The molecule has 0 fully saturated rings. The van der Waals surface area contributed by atoms with Crippen LogP contribution in [0.1, 0.15) is 5.56 Å². The Bertz CT molecular complexity index is 439. The van der Waals surface area contributed by atoms with Gasteiger partial charge in [0.05, 0.1) is 11.8 Å². The van der Waals surface area contributed by atoms with Gasteiger partial charge >= 0.3 is 0 Å². The smallest absolute Gasteiger partial charge is 0.229 e. The third kappa shape index (κ3) is 1.46. The quantitative estimate of drug-likeness (QED) is 0.794. The first-order chi connectivity index (χ1) is 6.81. The first kappa shape index (κ1) is 8.74. The summed E-state index contributed by atoms with van der Waals surface area (Å²) in [5, 5.41) is 3.56. The van der Waals surface area contributed by atoms with Gasteiger partial charge in [-0.05, 0) is 17.2 Å². The molecule has 0 spiro atoms. The normalized spacial score (nSPS) is 10.4. The molecule has 1 aromatic heterocycles. The second kappa shape index (κ2) is 3.49. The van der Waals surface area contributed by atoms with E-state index < -0.39 is 6.67 Å². The maximum Gasteiger partial charge on any atom is 0.229 e. The van der Waals surface area contributed by atoms with E-state index in [-0.39, 0.29) is 5.88 Å². The first-order valence-electron chi connectivity index (χ1n) is 4.16. The molecule has 0 amide bonds. The Labute approximate surface area is 80.3 Å². The molecule has 2 N–H and O–H groups in total. The van der Waals surface area contributed by atoms with Crippen LogP contribution in [0, 0.1) is 0 Å². The minimum atomic E-state index is -0.487. The molecule has 0 aliphatic heterocycles. The molecule has 4 heteroatoms. The molecule has 0 radical (unpaired) electrons. The van der Waals surface area contributed by atoms with Gasteiger partial charge in [-0.3, -0.25) is 0 Å². The summed E-state index contributed by atoms with van der Waals surface area (Å²) in [5.41, 5.74) is 7.67. The maximum absolute atomic E-state index is 12.4. The van der Waals surface area contributed by atoms with E-state index in [9.17, 15) is 4.39 Å². The minimum absolute atomic E-state index is 0.251.